The van der Waals surface area contributed by atoms with Crippen molar-refractivity contribution in [2.75, 3.05) is 11.9 Å². The summed E-state index contributed by atoms with van der Waals surface area (Å²) in [5.74, 6) is -1.01. The number of carbonyl (C=O) groups excluding carboxylic acids is 2. The van der Waals surface area contributed by atoms with Gasteiger partial charge in [0.05, 0.1) is 18.4 Å². The number of ether oxygens (including phenoxy) is 1. The van der Waals surface area contributed by atoms with E-state index in [0.717, 1.165) is 6.07 Å². The largest absolute Gasteiger partial charge is 0.443 e. The number of rotatable bonds is 4. The number of hydrogen-bond donors (Lipinski definition) is 1. The summed E-state index contributed by atoms with van der Waals surface area (Å²) < 4.78 is 23.1. The van der Waals surface area contributed by atoms with E-state index < -0.39 is 23.4 Å². The fraction of sp³-hybridized carbons (Fsp3) is 0.292. The summed E-state index contributed by atoms with van der Waals surface area (Å²) in [6, 6.07) is 5.67. The van der Waals surface area contributed by atoms with Crippen LogP contribution in [0.2, 0.25) is 0 Å². The highest BCUT2D eigenvalue weighted by Gasteiger charge is 2.27. The van der Waals surface area contributed by atoms with E-state index in [1.165, 1.54) is 24.1 Å². The van der Waals surface area contributed by atoms with Crippen molar-refractivity contribution < 1.29 is 18.7 Å². The Morgan fingerprint density at radius 3 is 2.60 bits per heavy atom. The van der Waals surface area contributed by atoms with E-state index in [2.05, 4.69) is 14.8 Å². The third-order valence-electron chi connectivity index (χ3n) is 5.29. The lowest BCUT2D eigenvalue weighted by molar-refractivity contribution is -0.118. The second-order valence-corrected chi connectivity index (χ2v) is 9.16. The molecule has 3 heterocycles. The maximum atomic E-state index is 14.3. The second-order valence-electron chi connectivity index (χ2n) is 9.16. The van der Waals surface area contributed by atoms with Crippen LogP contribution in [0.25, 0.3) is 38.2 Å². The van der Waals surface area contributed by atoms with Gasteiger partial charge in [-0.05, 0) is 50.6 Å². The number of carbonyl (C=O) groups is 2. The van der Waals surface area contributed by atoms with Gasteiger partial charge >= 0.3 is 6.09 Å². The lowest BCUT2D eigenvalue weighted by Gasteiger charge is -2.24. The Balaban J connectivity index is 2.04. The highest BCUT2D eigenvalue weighted by atomic mass is 19.1. The summed E-state index contributed by atoms with van der Waals surface area (Å²) >= 11 is 0. The molecule has 0 saturated heterocycles. The summed E-state index contributed by atoms with van der Waals surface area (Å²) in [6.07, 6.45) is 0.958. The van der Waals surface area contributed by atoms with Gasteiger partial charge in [0.15, 0.2) is 11.5 Å². The smallest absolute Gasteiger partial charge is 0.415 e. The summed E-state index contributed by atoms with van der Waals surface area (Å²) in [4.78, 5) is 38.5. The first kappa shape index (κ1) is 23.7. The number of halogens is 1. The minimum absolute atomic E-state index is 0.111. The van der Waals surface area contributed by atoms with Crippen LogP contribution in [0, 0.1) is 12.4 Å². The van der Waals surface area contributed by atoms with Crippen LogP contribution in [0.3, 0.4) is 0 Å². The first-order valence-electron chi connectivity index (χ1n) is 10.7. The van der Waals surface area contributed by atoms with E-state index in [1.807, 2.05) is 0 Å². The molecule has 10 nitrogen and oxygen atoms in total. The van der Waals surface area contributed by atoms with Crippen molar-refractivity contribution in [3.8, 4) is 11.3 Å². The zero-order chi connectivity index (χ0) is 25.7. The van der Waals surface area contributed by atoms with Gasteiger partial charge in [0.25, 0.3) is 0 Å². The maximum Gasteiger partial charge on any atom is 0.415 e. The summed E-state index contributed by atoms with van der Waals surface area (Å²) in [5.41, 5.74) is 7.17. The molecule has 180 valence electrons. The van der Waals surface area contributed by atoms with E-state index in [9.17, 15) is 14.0 Å². The van der Waals surface area contributed by atoms with E-state index in [4.69, 9.17) is 17.0 Å². The average Bonchev–Trinajstić information content (AvgIpc) is 3.31. The number of fused-ring (bicyclic) bond motifs is 3. The monoisotopic (exact) mass is 477 g/mol. The zero-order valence-corrected chi connectivity index (χ0v) is 20.0. The maximum absolute atomic E-state index is 14.3. The molecule has 0 atom stereocenters. The molecule has 0 saturated carbocycles. The van der Waals surface area contributed by atoms with E-state index in [0.29, 0.717) is 33.3 Å². The molecule has 4 aromatic rings. The third-order valence-corrected chi connectivity index (χ3v) is 5.29. The average molecular weight is 478 g/mol. The highest BCUT2D eigenvalue weighted by molar-refractivity contribution is 6.10. The topological polar surface area (TPSA) is 113 Å². The number of amides is 2. The Morgan fingerprint density at radius 1 is 1.26 bits per heavy atom. The van der Waals surface area contributed by atoms with E-state index in [1.54, 1.807) is 49.3 Å². The normalized spacial score (nSPS) is 11.6. The van der Waals surface area contributed by atoms with Crippen LogP contribution >= 0.6 is 0 Å². The van der Waals surface area contributed by atoms with Crippen molar-refractivity contribution in [3.63, 3.8) is 0 Å². The van der Waals surface area contributed by atoms with E-state index >= 15 is 0 Å². The molecule has 11 heteroatoms. The molecular formula is C24H24FN7O3. The van der Waals surface area contributed by atoms with Crippen molar-refractivity contribution in [1.29, 1.82) is 0 Å². The number of nitrogens with two attached hydrogens (primary N) is 1. The molecule has 2 N–H and O–H groups in total. The number of aryl methyl sites for hydroxylation is 1. The number of anilines is 1. The quantitative estimate of drug-likeness (QED) is 0.444. The minimum atomic E-state index is -0.726. The number of hydrogen-bond acceptors (Lipinski definition) is 5. The molecule has 0 radical (unpaired) electrons. The van der Waals surface area contributed by atoms with Crippen molar-refractivity contribution in [1.82, 2.24) is 19.1 Å². The van der Waals surface area contributed by atoms with Crippen LogP contribution in [0.4, 0.5) is 20.7 Å². The number of aromatic nitrogens is 4. The first-order chi connectivity index (χ1) is 16.4. The summed E-state index contributed by atoms with van der Waals surface area (Å²) in [6.45, 7) is 12.3. The van der Waals surface area contributed by atoms with Crippen LogP contribution < -0.4 is 10.6 Å². The number of nitrogens with zero attached hydrogens (tertiary/aromatic N) is 6. The van der Waals surface area contributed by atoms with Crippen LogP contribution in [-0.4, -0.2) is 43.8 Å². The van der Waals surface area contributed by atoms with Crippen LogP contribution in [0.1, 0.15) is 20.8 Å². The Labute approximate surface area is 200 Å². The van der Waals surface area contributed by atoms with Gasteiger partial charge in [-0.2, -0.15) is 0 Å². The molecule has 0 unspecified atom stereocenters. The highest BCUT2D eigenvalue weighted by Crippen LogP contribution is 2.36. The number of pyridine rings is 1. The third kappa shape index (κ3) is 4.38. The molecule has 35 heavy (non-hydrogen) atoms. The number of primary amides is 1. The standard InChI is InChI=1S/C24H24FN7O3/c1-24(2,3)35-23(34)31(6)22-19-20(30(5)12-28-19)16-10-17(32(11-18(26)33)21(16)29-22)13-7-14(25)9-15(8-13)27-4/h7-10,12H,11H2,1-3,5-6H3,(H2,26,33). The molecule has 0 spiro atoms. The molecule has 0 aliphatic carbocycles. The van der Waals surface area contributed by atoms with Gasteiger partial charge in [-0.1, -0.05) is 0 Å². The molecule has 3 aromatic heterocycles. The van der Waals surface area contributed by atoms with Crippen LogP contribution in [0.5, 0.6) is 0 Å². The van der Waals surface area contributed by atoms with Gasteiger partial charge in [-0.15, -0.1) is 0 Å². The van der Waals surface area contributed by atoms with Crippen molar-refractivity contribution in [2.45, 2.75) is 32.9 Å². The summed E-state index contributed by atoms with van der Waals surface area (Å²) in [7, 11) is 3.31. The Bertz CT molecular complexity index is 1540. The Kier molecular flexibility index (Phi) is 5.68. The lowest BCUT2D eigenvalue weighted by atomic mass is 10.1. The number of imidazole rings is 1. The molecule has 4 rings (SSSR count). The zero-order valence-electron chi connectivity index (χ0n) is 20.0. The Morgan fingerprint density at radius 2 is 1.97 bits per heavy atom. The van der Waals surface area contributed by atoms with Crippen LogP contribution in [0.15, 0.2) is 30.6 Å². The van der Waals surface area contributed by atoms with Gasteiger partial charge in [0, 0.05) is 25.2 Å². The molecule has 0 aliphatic rings. The van der Waals surface area contributed by atoms with Gasteiger partial charge < -0.3 is 19.6 Å². The summed E-state index contributed by atoms with van der Waals surface area (Å²) in [5, 5.41) is 0.617. The molecule has 1 aromatic carbocycles. The predicted octanol–water partition coefficient (Wildman–Crippen LogP) is 4.14. The molecule has 0 fully saturated rings. The van der Waals surface area contributed by atoms with Gasteiger partial charge in [0.1, 0.15) is 29.1 Å². The van der Waals surface area contributed by atoms with Gasteiger partial charge in [-0.3, -0.25) is 9.69 Å². The SMILES string of the molecule is [C-]#[N+]c1cc(F)cc(-c2cc3c4c(ncn4C)c(N(C)C(=O)OC(C)(C)C)nc3n2CC(N)=O)c1. The fourth-order valence-corrected chi connectivity index (χ4v) is 3.89. The molecular weight excluding hydrogens is 453 g/mol. The van der Waals surface area contributed by atoms with E-state index in [-0.39, 0.29) is 18.1 Å². The molecule has 0 bridgehead atoms. The Hall–Kier alpha value is -4.46. The lowest BCUT2D eigenvalue weighted by Crippen LogP contribution is -2.34. The number of benzene rings is 1. The minimum Gasteiger partial charge on any atom is -0.443 e. The first-order valence-corrected chi connectivity index (χ1v) is 10.7. The van der Waals surface area contributed by atoms with Crippen molar-refractivity contribution in [2.24, 2.45) is 12.8 Å². The molecule has 0 aliphatic heterocycles. The van der Waals surface area contributed by atoms with Gasteiger partial charge in [0.2, 0.25) is 5.91 Å². The predicted molar refractivity (Wildman–Crippen MR) is 129 cm³/mol. The molecule has 2 amide bonds. The van der Waals surface area contributed by atoms with Crippen molar-refractivity contribution >= 4 is 45.6 Å². The fourth-order valence-electron chi connectivity index (χ4n) is 3.89. The second kappa shape index (κ2) is 8.39. The van der Waals surface area contributed by atoms with Crippen molar-refractivity contribution in [3.05, 3.63) is 47.8 Å². The van der Waals surface area contributed by atoms with Crippen LogP contribution in [-0.2, 0) is 23.1 Å². The van der Waals surface area contributed by atoms with Gasteiger partial charge in [-0.25, -0.2) is 24.0 Å².